The molecule has 4 heteroatoms. The molecule has 0 radical (unpaired) electrons. The van der Waals surface area contributed by atoms with E-state index in [4.69, 9.17) is 16.6 Å². The fourth-order valence-corrected chi connectivity index (χ4v) is 4.61. The lowest BCUT2D eigenvalue weighted by molar-refractivity contribution is 0.401. The molecule has 19 heavy (non-hydrogen) atoms. The number of aromatic nitrogens is 2. The Hall–Kier alpha value is -0.150. The van der Waals surface area contributed by atoms with E-state index < -0.39 is 0 Å². The summed E-state index contributed by atoms with van der Waals surface area (Å²) in [5, 5.41) is 0.567. The normalized spacial score (nSPS) is 30.1. The van der Waals surface area contributed by atoms with Gasteiger partial charge in [-0.25, -0.2) is 9.97 Å². The Morgan fingerprint density at radius 2 is 1.89 bits per heavy atom. The zero-order valence-corrected chi connectivity index (χ0v) is 14.1. The van der Waals surface area contributed by atoms with Gasteiger partial charge in [-0.05, 0) is 47.0 Å². The van der Waals surface area contributed by atoms with Crippen LogP contribution in [0, 0.1) is 11.8 Å². The van der Waals surface area contributed by atoms with Crippen LogP contribution < -0.4 is 0 Å². The van der Waals surface area contributed by atoms with E-state index in [1.165, 1.54) is 25.7 Å². The van der Waals surface area contributed by atoms with Gasteiger partial charge in [-0.3, -0.25) is 0 Å². The minimum absolute atomic E-state index is 0.0161. The van der Waals surface area contributed by atoms with E-state index in [1.54, 1.807) is 0 Å². The van der Waals surface area contributed by atoms with Gasteiger partial charge in [0.25, 0.3) is 0 Å². The van der Waals surface area contributed by atoms with Crippen molar-refractivity contribution in [2.75, 3.05) is 0 Å². The fraction of sp³-hybridized carbons (Fsp3) is 0.733. The highest BCUT2D eigenvalue weighted by Crippen LogP contribution is 2.52. The Morgan fingerprint density at radius 1 is 1.16 bits per heavy atom. The minimum atomic E-state index is -0.0161. The van der Waals surface area contributed by atoms with Crippen molar-refractivity contribution in [3.8, 4) is 0 Å². The van der Waals surface area contributed by atoms with Crippen molar-refractivity contribution in [2.45, 2.75) is 57.8 Å². The molecule has 3 rings (SSSR count). The molecule has 1 aromatic heterocycles. The van der Waals surface area contributed by atoms with Crippen molar-refractivity contribution in [1.29, 1.82) is 0 Å². The van der Waals surface area contributed by atoms with Crippen molar-refractivity contribution >= 4 is 27.5 Å². The Labute approximate surface area is 128 Å². The molecule has 0 aromatic carbocycles. The third-order valence-electron chi connectivity index (χ3n) is 4.61. The second kappa shape index (κ2) is 4.70. The van der Waals surface area contributed by atoms with Crippen LogP contribution >= 0.6 is 27.5 Å². The highest BCUT2D eigenvalue weighted by molar-refractivity contribution is 9.10. The van der Waals surface area contributed by atoms with Gasteiger partial charge in [0.05, 0.1) is 10.2 Å². The summed E-state index contributed by atoms with van der Waals surface area (Å²) in [5.74, 6) is 3.20. The first-order valence-electron chi connectivity index (χ1n) is 7.09. The van der Waals surface area contributed by atoms with Gasteiger partial charge in [0, 0.05) is 11.3 Å². The molecule has 0 N–H and O–H groups in total. The van der Waals surface area contributed by atoms with Gasteiger partial charge in [-0.2, -0.15) is 0 Å². The van der Waals surface area contributed by atoms with Crippen LogP contribution in [-0.4, -0.2) is 9.97 Å². The predicted octanol–water partition coefficient (Wildman–Crippen LogP) is 5.09. The van der Waals surface area contributed by atoms with Crippen molar-refractivity contribution in [2.24, 2.45) is 11.8 Å². The maximum Gasteiger partial charge on any atom is 0.147 e. The first kappa shape index (κ1) is 13.8. The van der Waals surface area contributed by atoms with E-state index in [-0.39, 0.29) is 5.41 Å². The monoisotopic (exact) mass is 342 g/mol. The smallest absolute Gasteiger partial charge is 0.147 e. The number of hydrogen-bond donors (Lipinski definition) is 0. The van der Waals surface area contributed by atoms with Gasteiger partial charge in [0.1, 0.15) is 11.0 Å². The average Bonchev–Trinajstić information content (AvgIpc) is 2.92. The molecule has 1 aromatic rings. The summed E-state index contributed by atoms with van der Waals surface area (Å²) < 4.78 is 0.855. The third kappa shape index (κ3) is 2.44. The lowest BCUT2D eigenvalue weighted by Gasteiger charge is -2.25. The molecule has 2 saturated carbocycles. The molecule has 0 aliphatic heterocycles. The summed E-state index contributed by atoms with van der Waals surface area (Å²) in [4.78, 5) is 9.42. The van der Waals surface area contributed by atoms with E-state index in [0.29, 0.717) is 11.1 Å². The van der Waals surface area contributed by atoms with Gasteiger partial charge < -0.3 is 0 Å². The van der Waals surface area contributed by atoms with E-state index >= 15 is 0 Å². The topological polar surface area (TPSA) is 25.8 Å². The molecule has 1 heterocycles. The van der Waals surface area contributed by atoms with Gasteiger partial charge in [-0.15, -0.1) is 0 Å². The van der Waals surface area contributed by atoms with Crippen LogP contribution in [0.15, 0.2) is 4.47 Å². The summed E-state index contributed by atoms with van der Waals surface area (Å²) >= 11 is 9.85. The van der Waals surface area contributed by atoms with E-state index in [1.807, 2.05) is 0 Å². The highest BCUT2D eigenvalue weighted by Gasteiger charge is 2.42. The van der Waals surface area contributed by atoms with E-state index in [0.717, 1.165) is 27.8 Å². The number of hydrogen-bond acceptors (Lipinski definition) is 2. The minimum Gasteiger partial charge on any atom is -0.236 e. The van der Waals surface area contributed by atoms with Gasteiger partial charge in [0.2, 0.25) is 0 Å². The second-order valence-corrected chi connectivity index (χ2v) is 8.22. The molecule has 0 amide bonds. The molecule has 2 nitrogen and oxygen atoms in total. The van der Waals surface area contributed by atoms with Crippen molar-refractivity contribution in [3.63, 3.8) is 0 Å². The van der Waals surface area contributed by atoms with Gasteiger partial charge in [0.15, 0.2) is 0 Å². The summed E-state index contributed by atoms with van der Waals surface area (Å²) in [7, 11) is 0. The maximum absolute atomic E-state index is 6.31. The molecule has 104 valence electrons. The maximum atomic E-state index is 6.31. The van der Waals surface area contributed by atoms with E-state index in [2.05, 4.69) is 41.7 Å². The van der Waals surface area contributed by atoms with Crippen LogP contribution in [0.4, 0.5) is 0 Å². The fourth-order valence-electron chi connectivity index (χ4n) is 3.66. The number of nitrogens with zero attached hydrogens (tertiary/aromatic N) is 2. The van der Waals surface area contributed by atoms with Crippen LogP contribution in [0.2, 0.25) is 5.15 Å². The molecular formula is C15H20BrClN2. The van der Waals surface area contributed by atoms with Crippen LogP contribution in [0.25, 0.3) is 0 Å². The van der Waals surface area contributed by atoms with Gasteiger partial charge >= 0.3 is 0 Å². The van der Waals surface area contributed by atoms with Crippen molar-refractivity contribution in [3.05, 3.63) is 21.1 Å². The molecule has 0 saturated heterocycles. The zero-order chi connectivity index (χ0) is 13.8. The largest absolute Gasteiger partial charge is 0.236 e. The highest BCUT2D eigenvalue weighted by atomic mass is 79.9. The van der Waals surface area contributed by atoms with Crippen LogP contribution in [0.5, 0.6) is 0 Å². The predicted molar refractivity (Wildman–Crippen MR) is 81.6 cm³/mol. The molecule has 0 spiro atoms. The summed E-state index contributed by atoms with van der Waals surface area (Å²) in [6.07, 6.45) is 5.37. The molecule has 2 aliphatic rings. The summed E-state index contributed by atoms with van der Waals surface area (Å²) in [6, 6.07) is 0. The SMILES string of the molecule is CC(C)(C)c1nc(C2CC3CCC2C3)nc(Cl)c1Br. The standard InChI is InChI=1S/C15H20BrClN2/c1-15(2,3)12-11(16)13(17)19-14(18-12)10-7-8-4-5-9(10)6-8/h8-10H,4-7H2,1-3H3. The Kier molecular flexibility index (Phi) is 3.41. The molecule has 2 bridgehead atoms. The molecule has 2 fully saturated rings. The Balaban J connectivity index is 2.01. The van der Waals surface area contributed by atoms with Crippen LogP contribution in [0.3, 0.4) is 0 Å². The lowest BCUT2D eigenvalue weighted by atomic mass is 9.87. The quantitative estimate of drug-likeness (QED) is 0.663. The molecular weight excluding hydrogens is 324 g/mol. The number of halogens is 2. The van der Waals surface area contributed by atoms with Crippen LogP contribution in [0.1, 0.15) is 63.9 Å². The first-order valence-corrected chi connectivity index (χ1v) is 8.26. The van der Waals surface area contributed by atoms with Crippen molar-refractivity contribution < 1.29 is 0 Å². The second-order valence-electron chi connectivity index (χ2n) is 7.07. The molecule has 3 atom stereocenters. The van der Waals surface area contributed by atoms with Crippen molar-refractivity contribution in [1.82, 2.24) is 9.97 Å². The van der Waals surface area contributed by atoms with E-state index in [9.17, 15) is 0 Å². The lowest BCUT2D eigenvalue weighted by Crippen LogP contribution is -2.20. The van der Waals surface area contributed by atoms with Gasteiger partial charge in [-0.1, -0.05) is 38.8 Å². The Morgan fingerprint density at radius 3 is 2.42 bits per heavy atom. The molecule has 2 aliphatic carbocycles. The average molecular weight is 344 g/mol. The van der Waals surface area contributed by atoms with Crippen LogP contribution in [-0.2, 0) is 5.41 Å². The Bertz CT molecular complexity index is 510. The summed E-state index contributed by atoms with van der Waals surface area (Å²) in [5.41, 5.74) is 1.02. The third-order valence-corrected chi connectivity index (χ3v) is 5.86. The summed E-state index contributed by atoms with van der Waals surface area (Å²) in [6.45, 7) is 6.50. The zero-order valence-electron chi connectivity index (χ0n) is 11.7. The molecule has 3 unspecified atom stereocenters. The number of rotatable bonds is 1. The number of fused-ring (bicyclic) bond motifs is 2. The first-order chi connectivity index (χ1) is 8.86.